The fourth-order valence-electron chi connectivity index (χ4n) is 2.16. The number of halogens is 1. The molecule has 2 rings (SSSR count). The third-order valence-corrected chi connectivity index (χ3v) is 5.23. The summed E-state index contributed by atoms with van der Waals surface area (Å²) in [4.78, 5) is 12.4. The quantitative estimate of drug-likeness (QED) is 0.891. The average Bonchev–Trinajstić information content (AvgIpc) is 2.44. The molecule has 0 bridgehead atoms. The molecule has 1 aromatic carbocycles. The van der Waals surface area contributed by atoms with Gasteiger partial charge in [-0.3, -0.25) is 9.10 Å². The van der Waals surface area contributed by atoms with E-state index in [0.717, 1.165) is 10.6 Å². The van der Waals surface area contributed by atoms with Crippen LogP contribution in [-0.2, 0) is 14.8 Å². The van der Waals surface area contributed by atoms with Gasteiger partial charge in [0.05, 0.1) is 18.5 Å². The summed E-state index contributed by atoms with van der Waals surface area (Å²) in [5.41, 5.74) is 0.348. The summed E-state index contributed by atoms with van der Waals surface area (Å²) in [6.45, 7) is 5.80. The molecule has 0 saturated heterocycles. The third-order valence-electron chi connectivity index (χ3n) is 3.85. The Balaban J connectivity index is 2.30. The number of hydrogen-bond acceptors (Lipinski definition) is 4. The van der Waals surface area contributed by atoms with Crippen LogP contribution in [0.15, 0.2) is 18.2 Å². The molecule has 1 aliphatic heterocycles. The first-order valence-electron chi connectivity index (χ1n) is 7.34. The first-order valence-corrected chi connectivity index (χ1v) is 9.56. The van der Waals surface area contributed by atoms with E-state index in [1.165, 1.54) is 6.07 Å². The molecule has 128 valence electrons. The van der Waals surface area contributed by atoms with Gasteiger partial charge in [-0.2, -0.15) is 0 Å². The zero-order chi connectivity index (χ0) is 17.4. The summed E-state index contributed by atoms with van der Waals surface area (Å²) in [6.07, 6.45) is 0.189. The molecule has 0 aromatic heterocycles. The van der Waals surface area contributed by atoms with Crippen LogP contribution in [0.3, 0.4) is 0 Å². The molecule has 1 N–H and O–H groups in total. The van der Waals surface area contributed by atoms with Crippen molar-refractivity contribution in [3.8, 4) is 5.75 Å². The Labute approximate surface area is 141 Å². The Morgan fingerprint density at radius 3 is 2.61 bits per heavy atom. The molecule has 1 amide bonds. The molecule has 0 spiro atoms. The summed E-state index contributed by atoms with van der Waals surface area (Å²) >= 11 is 5.94. The number of rotatable bonds is 4. The number of benzene rings is 1. The molecule has 0 radical (unpaired) electrons. The minimum Gasteiger partial charge on any atom is -0.476 e. The molecular weight excluding hydrogens is 340 g/mol. The van der Waals surface area contributed by atoms with E-state index >= 15 is 0 Å². The minimum atomic E-state index is -3.55. The lowest BCUT2D eigenvalue weighted by atomic mass is 10.1. The lowest BCUT2D eigenvalue weighted by molar-refractivity contribution is -0.128. The maximum atomic E-state index is 12.4. The van der Waals surface area contributed by atoms with Crippen molar-refractivity contribution in [2.75, 3.05) is 17.1 Å². The maximum Gasteiger partial charge on any atom is 0.263 e. The van der Waals surface area contributed by atoms with Crippen LogP contribution in [-0.4, -0.2) is 39.3 Å². The number of nitrogens with zero attached hydrogens (tertiary/aromatic N) is 1. The second kappa shape index (κ2) is 6.57. The highest BCUT2D eigenvalue weighted by molar-refractivity contribution is 7.92. The summed E-state index contributed by atoms with van der Waals surface area (Å²) in [7, 11) is -3.55. The molecule has 8 heteroatoms. The van der Waals surface area contributed by atoms with Gasteiger partial charge in [-0.05, 0) is 31.0 Å². The lowest BCUT2D eigenvalue weighted by Gasteiger charge is -2.34. The van der Waals surface area contributed by atoms with Gasteiger partial charge in [-0.25, -0.2) is 8.42 Å². The van der Waals surface area contributed by atoms with E-state index in [2.05, 4.69) is 5.32 Å². The van der Waals surface area contributed by atoms with Gasteiger partial charge in [0.1, 0.15) is 5.75 Å². The molecule has 0 fully saturated rings. The van der Waals surface area contributed by atoms with E-state index in [4.69, 9.17) is 16.3 Å². The van der Waals surface area contributed by atoms with Crippen LogP contribution < -0.4 is 14.4 Å². The average molecular weight is 361 g/mol. The standard InChI is InChI=1S/C15H21ClN2O4S/c1-9(2)10(3)17-15(19)14-8-18(23(4,20)21)12-7-11(16)5-6-13(12)22-14/h5-7,9-10,14H,8H2,1-4H3,(H,17,19)/t10-,14-/m0/s1. The van der Waals surface area contributed by atoms with Gasteiger partial charge in [-0.15, -0.1) is 0 Å². The second-order valence-electron chi connectivity index (χ2n) is 6.05. The van der Waals surface area contributed by atoms with Crippen molar-refractivity contribution in [2.24, 2.45) is 5.92 Å². The highest BCUT2D eigenvalue weighted by atomic mass is 35.5. The first kappa shape index (κ1) is 17.9. The molecule has 1 heterocycles. The van der Waals surface area contributed by atoms with Crippen LogP contribution >= 0.6 is 11.6 Å². The second-order valence-corrected chi connectivity index (χ2v) is 8.40. The van der Waals surface area contributed by atoms with E-state index in [9.17, 15) is 13.2 Å². The number of anilines is 1. The van der Waals surface area contributed by atoms with Crippen LogP contribution in [0.5, 0.6) is 5.75 Å². The van der Waals surface area contributed by atoms with Crippen molar-refractivity contribution in [1.82, 2.24) is 5.32 Å². The Bertz CT molecular complexity index is 705. The molecule has 0 unspecified atom stereocenters. The predicted octanol–water partition coefficient (Wildman–Crippen LogP) is 2.03. The fourth-order valence-corrected chi connectivity index (χ4v) is 3.23. The van der Waals surface area contributed by atoms with Crippen LogP contribution in [0, 0.1) is 5.92 Å². The predicted molar refractivity (Wildman–Crippen MR) is 90.5 cm³/mol. The van der Waals surface area contributed by atoms with Gasteiger partial charge in [0, 0.05) is 11.1 Å². The van der Waals surface area contributed by atoms with Gasteiger partial charge >= 0.3 is 0 Å². The van der Waals surface area contributed by atoms with Gasteiger partial charge in [0.2, 0.25) is 10.0 Å². The molecule has 1 aliphatic rings. The van der Waals surface area contributed by atoms with Crippen molar-refractivity contribution in [3.63, 3.8) is 0 Å². The number of carbonyl (C=O) groups is 1. The molecule has 2 atom stereocenters. The Kier molecular flexibility index (Phi) is 5.10. The van der Waals surface area contributed by atoms with Crippen molar-refractivity contribution in [1.29, 1.82) is 0 Å². The Hall–Kier alpha value is -1.47. The first-order chi connectivity index (χ1) is 10.6. The largest absolute Gasteiger partial charge is 0.476 e. The van der Waals surface area contributed by atoms with Crippen molar-refractivity contribution in [2.45, 2.75) is 32.9 Å². The number of nitrogens with one attached hydrogen (secondary N) is 1. The molecule has 6 nitrogen and oxygen atoms in total. The number of carbonyl (C=O) groups excluding carboxylic acids is 1. The highest BCUT2D eigenvalue weighted by Crippen LogP contribution is 2.37. The van der Waals surface area contributed by atoms with Crippen molar-refractivity contribution in [3.05, 3.63) is 23.2 Å². The van der Waals surface area contributed by atoms with E-state index in [1.807, 2.05) is 20.8 Å². The van der Waals surface area contributed by atoms with Crippen LogP contribution in [0.4, 0.5) is 5.69 Å². The summed E-state index contributed by atoms with van der Waals surface area (Å²) in [5.74, 6) is 0.253. The minimum absolute atomic E-state index is 0.0376. The van der Waals surface area contributed by atoms with Crippen LogP contribution in [0.2, 0.25) is 5.02 Å². The van der Waals surface area contributed by atoms with Gasteiger partial charge in [0.15, 0.2) is 6.10 Å². The Morgan fingerprint density at radius 2 is 2.04 bits per heavy atom. The summed E-state index contributed by atoms with van der Waals surface area (Å²) in [6, 6.07) is 4.64. The molecule has 0 aliphatic carbocycles. The number of sulfonamides is 1. The van der Waals surface area contributed by atoms with Gasteiger partial charge < -0.3 is 10.1 Å². The van der Waals surface area contributed by atoms with Crippen LogP contribution in [0.1, 0.15) is 20.8 Å². The molecular formula is C15H21ClN2O4S. The van der Waals surface area contributed by atoms with Gasteiger partial charge in [-0.1, -0.05) is 25.4 Å². The number of fused-ring (bicyclic) bond motifs is 1. The van der Waals surface area contributed by atoms with Crippen LogP contribution in [0.25, 0.3) is 0 Å². The summed E-state index contributed by atoms with van der Waals surface area (Å²) in [5, 5.41) is 3.25. The molecule has 23 heavy (non-hydrogen) atoms. The van der Waals surface area contributed by atoms with Crippen molar-refractivity contribution >= 4 is 33.2 Å². The van der Waals surface area contributed by atoms with Gasteiger partial charge in [0.25, 0.3) is 5.91 Å². The Morgan fingerprint density at radius 1 is 1.39 bits per heavy atom. The number of amides is 1. The smallest absolute Gasteiger partial charge is 0.263 e. The molecule has 1 aromatic rings. The zero-order valence-corrected chi connectivity index (χ0v) is 15.1. The van der Waals surface area contributed by atoms with E-state index in [-0.39, 0.29) is 24.4 Å². The maximum absolute atomic E-state index is 12.4. The van der Waals surface area contributed by atoms with E-state index < -0.39 is 16.1 Å². The van der Waals surface area contributed by atoms with E-state index in [0.29, 0.717) is 16.5 Å². The normalized spacial score (nSPS) is 19.0. The highest BCUT2D eigenvalue weighted by Gasteiger charge is 2.35. The van der Waals surface area contributed by atoms with Crippen molar-refractivity contribution < 1.29 is 17.9 Å². The number of ether oxygens (including phenoxy) is 1. The number of hydrogen-bond donors (Lipinski definition) is 1. The summed E-state index contributed by atoms with van der Waals surface area (Å²) < 4.78 is 30.9. The lowest BCUT2D eigenvalue weighted by Crippen LogP contribution is -2.52. The van der Waals surface area contributed by atoms with E-state index in [1.54, 1.807) is 12.1 Å². The molecule has 0 saturated carbocycles. The SMILES string of the molecule is CC(C)[C@H](C)NC(=O)[C@@H]1CN(S(C)(=O)=O)c2cc(Cl)ccc2O1. The monoisotopic (exact) mass is 360 g/mol. The zero-order valence-electron chi connectivity index (χ0n) is 13.5. The topological polar surface area (TPSA) is 75.7 Å². The third kappa shape index (κ3) is 4.09. The fraction of sp³-hybridized carbons (Fsp3) is 0.533.